The molecule has 5 nitrogen and oxygen atoms in total. The molecule has 5 rings (SSSR count). The van der Waals surface area contributed by atoms with Crippen molar-refractivity contribution in [3.8, 4) is 0 Å². The molecule has 6 heteroatoms. The fourth-order valence-corrected chi connectivity index (χ4v) is 10.3. The van der Waals surface area contributed by atoms with Crippen molar-refractivity contribution < 1.29 is 9.90 Å². The van der Waals surface area contributed by atoms with Crippen LogP contribution in [0.15, 0.2) is 29.3 Å². The molecule has 3 aliphatic rings. The van der Waals surface area contributed by atoms with E-state index in [1.807, 2.05) is 0 Å². The summed E-state index contributed by atoms with van der Waals surface area (Å²) >= 11 is 0. The first kappa shape index (κ1) is 22.3. The quantitative estimate of drug-likeness (QED) is 0.529. The van der Waals surface area contributed by atoms with Crippen LogP contribution >= 0.6 is 0 Å². The van der Waals surface area contributed by atoms with Gasteiger partial charge in [-0.15, -0.1) is 0 Å². The SMILES string of the molecule is CCN1CCCc2cc3c(cc21)[Si](C)(CCCC(=O)O)c1cc2c(cc1=N3)CCC[N+]=2CC. The predicted octanol–water partition coefficient (Wildman–Crippen LogP) is 2.24. The highest BCUT2D eigenvalue weighted by molar-refractivity contribution is 7.02. The summed E-state index contributed by atoms with van der Waals surface area (Å²) in [6, 6.07) is 10.6. The molecule has 3 heterocycles. The van der Waals surface area contributed by atoms with Crippen LogP contribution in [0.25, 0.3) is 0 Å². The number of aryl methyl sites for hydroxylation is 2. The molecular weight excluding hydrogens is 426 g/mol. The number of rotatable bonds is 6. The third-order valence-electron chi connectivity index (χ3n) is 8.08. The summed E-state index contributed by atoms with van der Waals surface area (Å²) in [6.45, 7) is 11.2. The number of carboxylic acids is 1. The Morgan fingerprint density at radius 2 is 1.94 bits per heavy atom. The van der Waals surface area contributed by atoms with Gasteiger partial charge in [-0.25, -0.2) is 9.57 Å². The second kappa shape index (κ2) is 8.71. The number of fused-ring (bicyclic) bond motifs is 4. The van der Waals surface area contributed by atoms with Gasteiger partial charge in [0.05, 0.1) is 11.0 Å². The Morgan fingerprint density at radius 1 is 1.12 bits per heavy atom. The zero-order valence-corrected chi connectivity index (χ0v) is 21.3. The van der Waals surface area contributed by atoms with Gasteiger partial charge < -0.3 is 10.0 Å². The number of aliphatic carboxylic acids is 1. The maximum atomic E-state index is 11.4. The Morgan fingerprint density at radius 3 is 2.70 bits per heavy atom. The van der Waals surface area contributed by atoms with E-state index in [9.17, 15) is 9.90 Å². The molecule has 1 atom stereocenters. The molecular formula is C27H36N3O2Si+. The summed E-state index contributed by atoms with van der Waals surface area (Å²) in [5.74, 6) is -0.696. The largest absolute Gasteiger partial charge is 0.481 e. The molecule has 0 spiro atoms. The first-order chi connectivity index (χ1) is 15.9. The Kier molecular flexibility index (Phi) is 5.89. The van der Waals surface area contributed by atoms with Crippen LogP contribution in [-0.4, -0.2) is 45.3 Å². The lowest BCUT2D eigenvalue weighted by Crippen LogP contribution is -2.64. The normalized spacial score (nSPS) is 20.9. The van der Waals surface area contributed by atoms with Crippen molar-refractivity contribution in [1.29, 1.82) is 0 Å². The standard InChI is InChI=1S/C27H35N3O2Si/c1-4-29-12-6-9-19-15-21-25(17-23(19)29)33(3,14-8-11-27(31)32)26-18-24-20(16-22(26)28-21)10-7-13-30(24)5-2/h15-18H,4-14H2,1-3H3/p+1. The lowest BCUT2D eigenvalue weighted by Gasteiger charge is -2.37. The molecule has 0 aliphatic carbocycles. The molecule has 3 aliphatic heterocycles. The number of carboxylic acid groups (broad SMARTS) is 1. The van der Waals surface area contributed by atoms with Crippen molar-refractivity contribution in [2.24, 2.45) is 4.99 Å². The number of nitrogens with zero attached hydrogens (tertiary/aromatic N) is 3. The maximum Gasteiger partial charge on any atom is 0.303 e. The van der Waals surface area contributed by atoms with Gasteiger partial charge in [-0.05, 0) is 79.7 Å². The van der Waals surface area contributed by atoms with Crippen molar-refractivity contribution in [2.45, 2.75) is 65.0 Å². The summed E-state index contributed by atoms with van der Waals surface area (Å²) < 4.78 is 2.51. The van der Waals surface area contributed by atoms with E-state index >= 15 is 0 Å². The Balaban J connectivity index is 1.75. The molecule has 174 valence electrons. The van der Waals surface area contributed by atoms with E-state index in [-0.39, 0.29) is 6.42 Å². The lowest BCUT2D eigenvalue weighted by molar-refractivity contribution is -0.137. The van der Waals surface area contributed by atoms with Gasteiger partial charge in [0, 0.05) is 43.2 Å². The minimum atomic E-state index is -2.16. The van der Waals surface area contributed by atoms with Crippen LogP contribution in [0.1, 0.15) is 50.7 Å². The van der Waals surface area contributed by atoms with Gasteiger partial charge >= 0.3 is 5.97 Å². The minimum absolute atomic E-state index is 0.239. The Bertz CT molecular complexity index is 1240. The molecule has 0 saturated heterocycles. The van der Waals surface area contributed by atoms with Crippen LogP contribution in [-0.2, 0) is 17.6 Å². The van der Waals surface area contributed by atoms with Crippen molar-refractivity contribution in [3.63, 3.8) is 0 Å². The molecule has 0 bridgehead atoms. The molecule has 1 N–H and O–H groups in total. The van der Waals surface area contributed by atoms with Gasteiger partial charge in [0.25, 0.3) is 0 Å². The predicted molar refractivity (Wildman–Crippen MR) is 137 cm³/mol. The summed E-state index contributed by atoms with van der Waals surface area (Å²) in [6.07, 6.45) is 5.60. The number of benzene rings is 2. The minimum Gasteiger partial charge on any atom is -0.481 e. The van der Waals surface area contributed by atoms with Gasteiger partial charge in [0.1, 0.15) is 21.2 Å². The van der Waals surface area contributed by atoms with Crippen molar-refractivity contribution in [3.05, 3.63) is 46.1 Å². The van der Waals surface area contributed by atoms with Gasteiger partial charge in [-0.2, -0.15) is 0 Å². The molecule has 0 fully saturated rings. The first-order valence-corrected chi connectivity index (χ1v) is 15.4. The van der Waals surface area contributed by atoms with E-state index in [0.717, 1.165) is 62.5 Å². The lowest BCUT2D eigenvalue weighted by atomic mass is 10.0. The fourth-order valence-electron chi connectivity index (χ4n) is 6.25. The highest BCUT2D eigenvalue weighted by Gasteiger charge is 2.39. The van der Waals surface area contributed by atoms with Crippen LogP contribution in [0.5, 0.6) is 0 Å². The van der Waals surface area contributed by atoms with Crippen LogP contribution < -0.4 is 30.6 Å². The average Bonchev–Trinajstić information content (AvgIpc) is 2.81. The third-order valence-corrected chi connectivity index (χ3v) is 12.6. The Labute approximate surface area is 197 Å². The van der Waals surface area contributed by atoms with E-state index in [4.69, 9.17) is 4.99 Å². The number of anilines is 1. The molecule has 0 saturated carbocycles. The van der Waals surface area contributed by atoms with Gasteiger partial charge in [0.2, 0.25) is 5.36 Å². The summed E-state index contributed by atoms with van der Waals surface area (Å²) in [5.41, 5.74) is 5.37. The highest BCUT2D eigenvalue weighted by atomic mass is 28.3. The van der Waals surface area contributed by atoms with E-state index in [2.05, 4.69) is 54.1 Å². The van der Waals surface area contributed by atoms with Crippen molar-refractivity contribution >= 4 is 35.8 Å². The van der Waals surface area contributed by atoms with Crippen LogP contribution in [0.2, 0.25) is 12.6 Å². The summed E-state index contributed by atoms with van der Waals surface area (Å²) in [7, 11) is -2.16. The first-order valence-electron chi connectivity index (χ1n) is 12.7. The second-order valence-electron chi connectivity index (χ2n) is 10.1. The molecule has 0 aromatic heterocycles. The van der Waals surface area contributed by atoms with E-state index in [1.54, 1.807) is 0 Å². The van der Waals surface area contributed by atoms with Gasteiger partial charge in [-0.1, -0.05) is 6.55 Å². The molecule has 2 aromatic carbocycles. The summed E-state index contributed by atoms with van der Waals surface area (Å²) in [4.78, 5) is 19.1. The topological polar surface area (TPSA) is 55.9 Å². The van der Waals surface area contributed by atoms with Crippen molar-refractivity contribution in [2.75, 3.05) is 31.1 Å². The fraction of sp³-hybridized carbons (Fsp3) is 0.519. The number of hydrogen-bond donors (Lipinski definition) is 1. The molecule has 0 radical (unpaired) electrons. The monoisotopic (exact) mass is 462 g/mol. The average molecular weight is 463 g/mol. The van der Waals surface area contributed by atoms with Crippen LogP contribution in [0.3, 0.4) is 0 Å². The Hall–Kier alpha value is -2.47. The van der Waals surface area contributed by atoms with Crippen LogP contribution in [0, 0.1) is 0 Å². The van der Waals surface area contributed by atoms with Crippen molar-refractivity contribution in [1.82, 2.24) is 4.58 Å². The van der Waals surface area contributed by atoms with Gasteiger partial charge in [-0.3, -0.25) is 4.79 Å². The van der Waals surface area contributed by atoms with Gasteiger partial charge in [0.15, 0.2) is 0 Å². The molecule has 2 aromatic rings. The smallest absolute Gasteiger partial charge is 0.303 e. The highest BCUT2D eigenvalue weighted by Crippen LogP contribution is 2.33. The van der Waals surface area contributed by atoms with E-state index in [0.29, 0.717) is 0 Å². The van der Waals surface area contributed by atoms with E-state index in [1.165, 1.54) is 45.4 Å². The number of hydrogen-bond acceptors (Lipinski definition) is 3. The molecule has 1 unspecified atom stereocenters. The third kappa shape index (κ3) is 3.82. The number of carbonyl (C=O) groups is 1. The second-order valence-corrected chi connectivity index (χ2v) is 14.3. The van der Waals surface area contributed by atoms with Crippen LogP contribution in [0.4, 0.5) is 11.4 Å². The zero-order valence-electron chi connectivity index (χ0n) is 20.3. The van der Waals surface area contributed by atoms with E-state index < -0.39 is 14.0 Å². The zero-order chi connectivity index (χ0) is 23.2. The molecule has 0 amide bonds. The maximum absolute atomic E-state index is 11.4. The summed E-state index contributed by atoms with van der Waals surface area (Å²) in [5, 5.41) is 14.7. The molecule has 33 heavy (non-hydrogen) atoms.